The standard InChI is InChI=1S/C16H31N3O2/c1-4-6-12(14(5-2)21-3)16(20)19-15-9-11-10-17-8-7-13(11)18-15/h11-15,17-18H,4-10H2,1-3H3,(H,19,20). The molecule has 0 saturated carbocycles. The number of carbonyl (C=O) groups is 1. The van der Waals surface area contributed by atoms with Gasteiger partial charge in [-0.25, -0.2) is 0 Å². The fraction of sp³-hybridized carbons (Fsp3) is 0.938. The molecule has 2 aliphatic heterocycles. The van der Waals surface area contributed by atoms with E-state index < -0.39 is 0 Å². The molecule has 2 fully saturated rings. The van der Waals surface area contributed by atoms with Crippen LogP contribution < -0.4 is 16.0 Å². The van der Waals surface area contributed by atoms with Crippen molar-refractivity contribution in [1.82, 2.24) is 16.0 Å². The zero-order valence-corrected chi connectivity index (χ0v) is 13.7. The Morgan fingerprint density at radius 3 is 2.86 bits per heavy atom. The third-order valence-electron chi connectivity index (χ3n) is 4.97. The van der Waals surface area contributed by atoms with Gasteiger partial charge in [-0.15, -0.1) is 0 Å². The summed E-state index contributed by atoms with van der Waals surface area (Å²) < 4.78 is 5.50. The van der Waals surface area contributed by atoms with Gasteiger partial charge in [0, 0.05) is 13.2 Å². The molecular weight excluding hydrogens is 266 g/mol. The third-order valence-corrected chi connectivity index (χ3v) is 4.97. The largest absolute Gasteiger partial charge is 0.381 e. The Hall–Kier alpha value is -0.650. The first kappa shape index (κ1) is 16.7. The zero-order chi connectivity index (χ0) is 15.2. The van der Waals surface area contributed by atoms with Crippen molar-refractivity contribution in [3.05, 3.63) is 0 Å². The summed E-state index contributed by atoms with van der Waals surface area (Å²) >= 11 is 0. The smallest absolute Gasteiger partial charge is 0.226 e. The number of rotatable bonds is 7. The summed E-state index contributed by atoms with van der Waals surface area (Å²) in [5.41, 5.74) is 0. The molecule has 2 rings (SSSR count). The van der Waals surface area contributed by atoms with Gasteiger partial charge in [0.1, 0.15) is 0 Å². The highest BCUT2D eigenvalue weighted by Gasteiger charge is 2.37. The summed E-state index contributed by atoms with van der Waals surface area (Å²) in [4.78, 5) is 12.6. The molecule has 0 aromatic heterocycles. The van der Waals surface area contributed by atoms with E-state index in [0.29, 0.717) is 12.0 Å². The van der Waals surface area contributed by atoms with Crippen LogP contribution in [0.2, 0.25) is 0 Å². The van der Waals surface area contributed by atoms with E-state index in [9.17, 15) is 4.79 Å². The topological polar surface area (TPSA) is 62.4 Å². The van der Waals surface area contributed by atoms with Gasteiger partial charge in [0.15, 0.2) is 0 Å². The van der Waals surface area contributed by atoms with Gasteiger partial charge in [0.25, 0.3) is 0 Å². The minimum Gasteiger partial charge on any atom is -0.381 e. The van der Waals surface area contributed by atoms with E-state index in [4.69, 9.17) is 4.74 Å². The monoisotopic (exact) mass is 297 g/mol. The van der Waals surface area contributed by atoms with Crippen LogP contribution in [0.15, 0.2) is 0 Å². The van der Waals surface area contributed by atoms with Gasteiger partial charge in [-0.3, -0.25) is 10.1 Å². The van der Waals surface area contributed by atoms with Gasteiger partial charge in [-0.2, -0.15) is 0 Å². The molecule has 0 aromatic rings. The average molecular weight is 297 g/mol. The number of nitrogens with one attached hydrogen (secondary N) is 3. The highest BCUT2D eigenvalue weighted by atomic mass is 16.5. The van der Waals surface area contributed by atoms with Crippen molar-refractivity contribution in [2.75, 3.05) is 20.2 Å². The second-order valence-corrected chi connectivity index (χ2v) is 6.40. The lowest BCUT2D eigenvalue weighted by molar-refractivity contribution is -0.130. The molecule has 2 heterocycles. The van der Waals surface area contributed by atoms with E-state index in [1.807, 2.05) is 0 Å². The molecule has 0 aliphatic carbocycles. The average Bonchev–Trinajstić information content (AvgIpc) is 2.89. The van der Waals surface area contributed by atoms with E-state index in [2.05, 4.69) is 29.8 Å². The van der Waals surface area contributed by atoms with Gasteiger partial charge in [-0.05, 0) is 44.7 Å². The maximum absolute atomic E-state index is 12.6. The van der Waals surface area contributed by atoms with Crippen molar-refractivity contribution >= 4 is 5.91 Å². The highest BCUT2D eigenvalue weighted by molar-refractivity contribution is 5.79. The second kappa shape index (κ2) is 8.11. The first-order chi connectivity index (χ1) is 10.2. The maximum Gasteiger partial charge on any atom is 0.226 e. The van der Waals surface area contributed by atoms with E-state index in [1.165, 1.54) is 0 Å². The molecule has 0 radical (unpaired) electrons. The quantitative estimate of drug-likeness (QED) is 0.662. The van der Waals surface area contributed by atoms with Crippen molar-refractivity contribution in [2.45, 2.75) is 64.3 Å². The lowest BCUT2D eigenvalue weighted by Gasteiger charge is -2.26. The van der Waals surface area contributed by atoms with E-state index in [-0.39, 0.29) is 24.1 Å². The molecule has 122 valence electrons. The van der Waals surface area contributed by atoms with E-state index >= 15 is 0 Å². The van der Waals surface area contributed by atoms with Crippen LogP contribution in [0.4, 0.5) is 0 Å². The summed E-state index contributed by atoms with van der Waals surface area (Å²) in [6, 6.07) is 0.561. The second-order valence-electron chi connectivity index (χ2n) is 6.40. The van der Waals surface area contributed by atoms with Crippen molar-refractivity contribution in [3.63, 3.8) is 0 Å². The molecule has 0 aromatic carbocycles. The van der Waals surface area contributed by atoms with Crippen molar-refractivity contribution in [1.29, 1.82) is 0 Å². The van der Waals surface area contributed by atoms with Crippen LogP contribution >= 0.6 is 0 Å². The Kier molecular flexibility index (Phi) is 6.45. The molecule has 21 heavy (non-hydrogen) atoms. The number of hydrogen-bond acceptors (Lipinski definition) is 4. The number of carbonyl (C=O) groups excluding carboxylic acids is 1. The van der Waals surface area contributed by atoms with Gasteiger partial charge in [-0.1, -0.05) is 20.3 Å². The van der Waals surface area contributed by atoms with E-state index in [0.717, 1.165) is 45.2 Å². The van der Waals surface area contributed by atoms with Gasteiger partial charge in [0.05, 0.1) is 18.2 Å². The molecule has 0 bridgehead atoms. The Labute approximate surface area is 128 Å². The summed E-state index contributed by atoms with van der Waals surface area (Å²) in [6.07, 6.45) is 5.11. The van der Waals surface area contributed by atoms with Crippen molar-refractivity contribution < 1.29 is 9.53 Å². The summed E-state index contributed by atoms with van der Waals surface area (Å²) in [5, 5.41) is 10.2. The molecule has 5 nitrogen and oxygen atoms in total. The lowest BCUT2D eigenvalue weighted by Crippen LogP contribution is -2.49. The van der Waals surface area contributed by atoms with Crippen molar-refractivity contribution in [3.8, 4) is 0 Å². The molecule has 2 aliphatic rings. The molecule has 2 saturated heterocycles. The summed E-state index contributed by atoms with van der Waals surface area (Å²) in [6.45, 7) is 6.35. The van der Waals surface area contributed by atoms with Crippen LogP contribution in [0.5, 0.6) is 0 Å². The molecule has 5 unspecified atom stereocenters. The van der Waals surface area contributed by atoms with Crippen molar-refractivity contribution in [2.24, 2.45) is 11.8 Å². The molecule has 1 amide bonds. The van der Waals surface area contributed by atoms with Gasteiger partial charge in [0.2, 0.25) is 5.91 Å². The van der Waals surface area contributed by atoms with Crippen LogP contribution in [0.25, 0.3) is 0 Å². The zero-order valence-electron chi connectivity index (χ0n) is 13.7. The Morgan fingerprint density at radius 2 is 2.24 bits per heavy atom. The van der Waals surface area contributed by atoms with Crippen LogP contribution in [0.3, 0.4) is 0 Å². The number of amides is 1. The normalized spacial score (nSPS) is 31.5. The number of piperidine rings is 1. The Bertz CT molecular complexity index is 319. The third kappa shape index (κ3) is 4.18. The molecule has 0 spiro atoms. The molecule has 5 atom stereocenters. The van der Waals surface area contributed by atoms with Gasteiger partial charge < -0.3 is 15.4 Å². The highest BCUT2D eigenvalue weighted by Crippen LogP contribution is 2.24. The number of methoxy groups -OCH3 is 1. The fourth-order valence-electron chi connectivity index (χ4n) is 3.81. The number of hydrogen-bond donors (Lipinski definition) is 3. The van der Waals surface area contributed by atoms with Crippen LogP contribution in [-0.2, 0) is 9.53 Å². The summed E-state index contributed by atoms with van der Waals surface area (Å²) in [7, 11) is 1.71. The SMILES string of the molecule is CCCC(C(=O)NC1CC2CNCCC2N1)C(CC)OC. The minimum absolute atomic E-state index is 0.0234. The van der Waals surface area contributed by atoms with Crippen LogP contribution in [0, 0.1) is 11.8 Å². The molecular formula is C16H31N3O2. The van der Waals surface area contributed by atoms with Crippen LogP contribution in [0.1, 0.15) is 46.0 Å². The fourth-order valence-corrected chi connectivity index (χ4v) is 3.81. The molecule has 5 heteroatoms. The van der Waals surface area contributed by atoms with E-state index in [1.54, 1.807) is 7.11 Å². The molecule has 3 N–H and O–H groups in total. The van der Waals surface area contributed by atoms with Crippen LogP contribution in [-0.4, -0.2) is 44.4 Å². The Balaban J connectivity index is 1.89. The maximum atomic E-state index is 12.6. The predicted octanol–water partition coefficient (Wildman–Crippen LogP) is 1.24. The number of ether oxygens (including phenoxy) is 1. The first-order valence-electron chi connectivity index (χ1n) is 8.49. The summed E-state index contributed by atoms with van der Waals surface area (Å²) in [5.74, 6) is 0.764. The number of fused-ring (bicyclic) bond motifs is 1. The lowest BCUT2D eigenvalue weighted by atomic mass is 9.93. The van der Waals surface area contributed by atoms with Gasteiger partial charge >= 0.3 is 0 Å². The minimum atomic E-state index is -0.0347. The predicted molar refractivity (Wildman–Crippen MR) is 83.9 cm³/mol. The Morgan fingerprint density at radius 1 is 1.43 bits per heavy atom. The first-order valence-corrected chi connectivity index (χ1v) is 8.49.